The number of thiocarbonyl (C=S) groups is 1. The summed E-state index contributed by atoms with van der Waals surface area (Å²) in [7, 11) is 1.87. The standard InChI is InChI=1S/C14H16N4OS/c1-10(19)11-3-5-12(6-4-11)16-14(20)15-9-13-7-8-18(2)17-13/h3-8H,9H2,1-2H3,(H2,15,16,20). The zero-order valence-corrected chi connectivity index (χ0v) is 12.2. The van der Waals surface area contributed by atoms with Crippen LogP contribution in [0.25, 0.3) is 0 Å². The summed E-state index contributed by atoms with van der Waals surface area (Å²) in [6.45, 7) is 2.11. The molecule has 0 aliphatic heterocycles. The van der Waals surface area contributed by atoms with Crippen LogP contribution in [0.5, 0.6) is 0 Å². The van der Waals surface area contributed by atoms with E-state index >= 15 is 0 Å². The molecule has 2 rings (SSSR count). The fraction of sp³-hybridized carbons (Fsp3) is 0.214. The van der Waals surface area contributed by atoms with Crippen molar-refractivity contribution in [2.24, 2.45) is 7.05 Å². The van der Waals surface area contributed by atoms with Gasteiger partial charge in [0.15, 0.2) is 10.9 Å². The molecule has 0 fully saturated rings. The summed E-state index contributed by atoms with van der Waals surface area (Å²) in [5, 5.41) is 10.9. The molecule has 2 aromatic rings. The summed E-state index contributed by atoms with van der Waals surface area (Å²) in [5.41, 5.74) is 2.44. The number of anilines is 1. The Morgan fingerprint density at radius 2 is 2.00 bits per heavy atom. The summed E-state index contributed by atoms with van der Waals surface area (Å²) >= 11 is 5.20. The maximum absolute atomic E-state index is 11.2. The van der Waals surface area contributed by atoms with Gasteiger partial charge in [-0.3, -0.25) is 9.48 Å². The number of nitrogens with zero attached hydrogens (tertiary/aromatic N) is 2. The van der Waals surface area contributed by atoms with Crippen molar-refractivity contribution in [3.8, 4) is 0 Å². The number of Topliss-reactive ketones (excluding diaryl/α,β-unsaturated/α-hetero) is 1. The Morgan fingerprint density at radius 3 is 2.55 bits per heavy atom. The van der Waals surface area contributed by atoms with E-state index < -0.39 is 0 Å². The first kappa shape index (κ1) is 14.2. The van der Waals surface area contributed by atoms with E-state index in [1.807, 2.05) is 31.4 Å². The molecule has 0 radical (unpaired) electrons. The minimum Gasteiger partial charge on any atom is -0.357 e. The number of benzene rings is 1. The van der Waals surface area contributed by atoms with Gasteiger partial charge in [0.1, 0.15) is 0 Å². The highest BCUT2D eigenvalue weighted by Gasteiger charge is 2.02. The summed E-state index contributed by atoms with van der Waals surface area (Å²) in [6.07, 6.45) is 1.88. The molecule has 1 aromatic heterocycles. The molecule has 0 saturated heterocycles. The molecule has 104 valence electrons. The van der Waals surface area contributed by atoms with Crippen molar-refractivity contribution >= 4 is 28.8 Å². The lowest BCUT2D eigenvalue weighted by atomic mass is 10.1. The molecule has 6 heteroatoms. The number of ketones is 1. The van der Waals surface area contributed by atoms with E-state index in [1.165, 1.54) is 0 Å². The third kappa shape index (κ3) is 3.89. The Bertz CT molecular complexity index is 618. The normalized spacial score (nSPS) is 10.1. The average molecular weight is 288 g/mol. The number of hydrogen-bond acceptors (Lipinski definition) is 3. The fourth-order valence-corrected chi connectivity index (χ4v) is 1.88. The van der Waals surface area contributed by atoms with Gasteiger partial charge in [0.05, 0.1) is 12.2 Å². The molecule has 2 N–H and O–H groups in total. The molecular formula is C14H16N4OS. The molecule has 0 spiro atoms. The highest BCUT2D eigenvalue weighted by Crippen LogP contribution is 2.09. The minimum absolute atomic E-state index is 0.0485. The SMILES string of the molecule is CC(=O)c1ccc(NC(=S)NCc2ccn(C)n2)cc1. The van der Waals surface area contributed by atoms with Gasteiger partial charge in [-0.25, -0.2) is 0 Å². The highest BCUT2D eigenvalue weighted by atomic mass is 32.1. The number of aromatic nitrogens is 2. The van der Waals surface area contributed by atoms with E-state index in [9.17, 15) is 4.79 Å². The third-order valence-corrected chi connectivity index (χ3v) is 2.99. The van der Waals surface area contributed by atoms with E-state index in [4.69, 9.17) is 12.2 Å². The predicted molar refractivity (Wildman–Crippen MR) is 82.7 cm³/mol. The number of carbonyl (C=O) groups excluding carboxylic acids is 1. The number of nitrogens with one attached hydrogen (secondary N) is 2. The van der Waals surface area contributed by atoms with Crippen LogP contribution in [0.2, 0.25) is 0 Å². The number of carbonyl (C=O) groups is 1. The van der Waals surface area contributed by atoms with Crippen LogP contribution in [0.1, 0.15) is 23.0 Å². The van der Waals surface area contributed by atoms with Crippen molar-refractivity contribution in [1.29, 1.82) is 0 Å². The van der Waals surface area contributed by atoms with Gasteiger partial charge in [-0.05, 0) is 49.5 Å². The van der Waals surface area contributed by atoms with Crippen molar-refractivity contribution < 1.29 is 4.79 Å². The average Bonchev–Trinajstić information content (AvgIpc) is 2.83. The van der Waals surface area contributed by atoms with Gasteiger partial charge >= 0.3 is 0 Å². The second-order valence-corrected chi connectivity index (χ2v) is 4.83. The minimum atomic E-state index is 0.0485. The van der Waals surface area contributed by atoms with Gasteiger partial charge in [-0.1, -0.05) is 0 Å². The van der Waals surface area contributed by atoms with E-state index in [-0.39, 0.29) is 5.78 Å². The number of hydrogen-bond donors (Lipinski definition) is 2. The summed E-state index contributed by atoms with van der Waals surface area (Å²) in [5.74, 6) is 0.0485. The van der Waals surface area contributed by atoms with Gasteiger partial charge in [0.25, 0.3) is 0 Å². The van der Waals surface area contributed by atoms with Crippen molar-refractivity contribution in [2.75, 3.05) is 5.32 Å². The lowest BCUT2D eigenvalue weighted by Crippen LogP contribution is -2.28. The van der Waals surface area contributed by atoms with Gasteiger partial charge < -0.3 is 10.6 Å². The third-order valence-electron chi connectivity index (χ3n) is 2.75. The van der Waals surface area contributed by atoms with Crippen molar-refractivity contribution in [3.05, 3.63) is 47.8 Å². The van der Waals surface area contributed by atoms with Gasteiger partial charge in [-0.15, -0.1) is 0 Å². The van der Waals surface area contributed by atoms with Crippen molar-refractivity contribution in [2.45, 2.75) is 13.5 Å². The smallest absolute Gasteiger partial charge is 0.171 e. The van der Waals surface area contributed by atoms with E-state index in [0.717, 1.165) is 11.4 Å². The summed E-state index contributed by atoms with van der Waals surface area (Å²) < 4.78 is 1.74. The molecule has 1 heterocycles. The zero-order chi connectivity index (χ0) is 14.5. The second kappa shape index (κ2) is 6.29. The highest BCUT2D eigenvalue weighted by molar-refractivity contribution is 7.80. The Hall–Kier alpha value is -2.21. The molecule has 0 atom stereocenters. The van der Waals surface area contributed by atoms with Crippen LogP contribution in [0, 0.1) is 0 Å². The largest absolute Gasteiger partial charge is 0.357 e. The molecular weight excluding hydrogens is 272 g/mol. The van der Waals surface area contributed by atoms with Gasteiger partial charge in [0, 0.05) is 24.5 Å². The van der Waals surface area contributed by atoms with Gasteiger partial charge in [0.2, 0.25) is 0 Å². The van der Waals surface area contributed by atoms with E-state index in [0.29, 0.717) is 17.2 Å². The lowest BCUT2D eigenvalue weighted by molar-refractivity contribution is 0.101. The maximum atomic E-state index is 11.2. The van der Waals surface area contributed by atoms with Crippen molar-refractivity contribution in [1.82, 2.24) is 15.1 Å². The Balaban J connectivity index is 1.86. The first-order chi connectivity index (χ1) is 9.54. The summed E-state index contributed by atoms with van der Waals surface area (Å²) in [4.78, 5) is 11.2. The lowest BCUT2D eigenvalue weighted by Gasteiger charge is -2.09. The maximum Gasteiger partial charge on any atom is 0.171 e. The number of rotatable bonds is 4. The molecule has 0 bridgehead atoms. The van der Waals surface area contributed by atoms with E-state index in [1.54, 1.807) is 23.7 Å². The molecule has 1 aromatic carbocycles. The fourth-order valence-electron chi connectivity index (χ4n) is 1.69. The van der Waals surface area contributed by atoms with E-state index in [2.05, 4.69) is 15.7 Å². The Labute approximate surface area is 123 Å². The molecule has 20 heavy (non-hydrogen) atoms. The van der Waals surface area contributed by atoms with Crippen LogP contribution >= 0.6 is 12.2 Å². The van der Waals surface area contributed by atoms with Crippen LogP contribution in [0.3, 0.4) is 0 Å². The monoisotopic (exact) mass is 288 g/mol. The topological polar surface area (TPSA) is 59.0 Å². The first-order valence-electron chi connectivity index (χ1n) is 6.19. The predicted octanol–water partition coefficient (Wildman–Crippen LogP) is 2.11. The summed E-state index contributed by atoms with van der Waals surface area (Å²) in [6, 6.07) is 9.12. The van der Waals surface area contributed by atoms with Crippen LogP contribution in [0.4, 0.5) is 5.69 Å². The van der Waals surface area contributed by atoms with Crippen LogP contribution in [-0.4, -0.2) is 20.7 Å². The Morgan fingerprint density at radius 1 is 1.30 bits per heavy atom. The second-order valence-electron chi connectivity index (χ2n) is 4.42. The zero-order valence-electron chi connectivity index (χ0n) is 11.4. The number of aryl methyl sites for hydroxylation is 1. The quantitative estimate of drug-likeness (QED) is 0.666. The van der Waals surface area contributed by atoms with Crippen LogP contribution in [0.15, 0.2) is 36.5 Å². The van der Waals surface area contributed by atoms with Gasteiger partial charge in [-0.2, -0.15) is 5.10 Å². The molecule has 0 amide bonds. The first-order valence-corrected chi connectivity index (χ1v) is 6.60. The molecule has 0 saturated carbocycles. The molecule has 0 unspecified atom stereocenters. The van der Waals surface area contributed by atoms with Crippen LogP contribution < -0.4 is 10.6 Å². The molecule has 0 aliphatic carbocycles. The molecule has 5 nitrogen and oxygen atoms in total. The Kier molecular flexibility index (Phi) is 4.47. The van der Waals surface area contributed by atoms with Crippen molar-refractivity contribution in [3.63, 3.8) is 0 Å². The van der Waals surface area contributed by atoms with Crippen LogP contribution in [-0.2, 0) is 13.6 Å². The molecule has 0 aliphatic rings.